The molecule has 0 radical (unpaired) electrons. The Morgan fingerprint density at radius 2 is 2.10 bits per heavy atom. The molecule has 0 unspecified atom stereocenters. The molecule has 106 valence electrons. The summed E-state index contributed by atoms with van der Waals surface area (Å²) in [5.41, 5.74) is 1.79. The van der Waals surface area contributed by atoms with Crippen LogP contribution in [0.15, 0.2) is 41.0 Å². The van der Waals surface area contributed by atoms with Crippen LogP contribution in [0.3, 0.4) is 0 Å². The number of hydrogen-bond donors (Lipinski definition) is 0. The van der Waals surface area contributed by atoms with E-state index in [2.05, 4.69) is 21.0 Å². The zero-order valence-corrected chi connectivity index (χ0v) is 13.0. The number of carbonyl (C=O) groups excluding carboxylic acids is 1. The zero-order chi connectivity index (χ0) is 14.4. The van der Waals surface area contributed by atoms with E-state index in [4.69, 9.17) is 4.74 Å². The van der Waals surface area contributed by atoms with Gasteiger partial charge < -0.3 is 4.74 Å². The number of carbonyl (C=O) groups is 1. The van der Waals surface area contributed by atoms with Gasteiger partial charge in [-0.05, 0) is 22.4 Å². The molecule has 0 spiro atoms. The van der Waals surface area contributed by atoms with Crippen LogP contribution < -0.4 is 0 Å². The maximum absolute atomic E-state index is 12.1. The van der Waals surface area contributed by atoms with Gasteiger partial charge in [-0.2, -0.15) is 5.10 Å². The second-order valence-corrected chi connectivity index (χ2v) is 5.30. The van der Waals surface area contributed by atoms with Crippen LogP contribution in [0.2, 0.25) is 0 Å². The number of halogens is 1. The van der Waals surface area contributed by atoms with E-state index in [1.165, 1.54) is 0 Å². The van der Waals surface area contributed by atoms with Crippen LogP contribution in [-0.4, -0.2) is 29.3 Å². The van der Waals surface area contributed by atoms with Gasteiger partial charge in [0.15, 0.2) is 5.78 Å². The average Bonchev–Trinajstić information content (AvgIpc) is 2.84. The fourth-order valence-corrected chi connectivity index (χ4v) is 2.50. The molecular formula is C15H17BrN2O2. The molecule has 0 N–H and O–H groups in total. The van der Waals surface area contributed by atoms with E-state index in [0.717, 1.165) is 15.7 Å². The van der Waals surface area contributed by atoms with Crippen LogP contribution in [0.4, 0.5) is 0 Å². The van der Waals surface area contributed by atoms with Crippen LogP contribution in [0.25, 0.3) is 0 Å². The van der Waals surface area contributed by atoms with Crippen molar-refractivity contribution in [3.05, 3.63) is 52.3 Å². The third kappa shape index (κ3) is 3.77. The van der Waals surface area contributed by atoms with E-state index in [1.807, 2.05) is 35.0 Å². The van der Waals surface area contributed by atoms with Crippen LogP contribution >= 0.6 is 15.9 Å². The lowest BCUT2D eigenvalue weighted by atomic mass is 10.1. The molecule has 1 aromatic carbocycles. The van der Waals surface area contributed by atoms with Gasteiger partial charge in [0.2, 0.25) is 0 Å². The largest absolute Gasteiger partial charge is 0.383 e. The van der Waals surface area contributed by atoms with Gasteiger partial charge in [0.1, 0.15) is 0 Å². The van der Waals surface area contributed by atoms with Gasteiger partial charge in [0, 0.05) is 19.1 Å². The number of Topliss-reactive ketones (excluding diaryl/α,β-unsaturated/α-hetero) is 1. The Bertz CT molecular complexity index is 567. The molecular weight excluding hydrogens is 320 g/mol. The van der Waals surface area contributed by atoms with Crippen molar-refractivity contribution in [1.82, 2.24) is 9.78 Å². The minimum Gasteiger partial charge on any atom is -0.383 e. The molecule has 2 rings (SSSR count). The van der Waals surface area contributed by atoms with Gasteiger partial charge in [0.05, 0.1) is 29.5 Å². The lowest BCUT2D eigenvalue weighted by Gasteiger charge is -2.07. The number of methoxy groups -OCH3 is 1. The second-order valence-electron chi connectivity index (χ2n) is 4.44. The van der Waals surface area contributed by atoms with Gasteiger partial charge in [-0.25, -0.2) is 0 Å². The summed E-state index contributed by atoms with van der Waals surface area (Å²) < 4.78 is 7.88. The normalized spacial score (nSPS) is 10.7. The summed E-state index contributed by atoms with van der Waals surface area (Å²) in [4.78, 5) is 12.1. The molecule has 0 saturated carbocycles. The maximum atomic E-state index is 12.1. The zero-order valence-electron chi connectivity index (χ0n) is 11.4. The predicted molar refractivity (Wildman–Crippen MR) is 80.9 cm³/mol. The molecule has 5 heteroatoms. The highest BCUT2D eigenvalue weighted by Gasteiger charge is 2.12. The minimum atomic E-state index is 0.150. The highest BCUT2D eigenvalue weighted by atomic mass is 79.9. The SMILES string of the molecule is COCCn1ncc(Br)c1CCC(=O)c1ccccc1. The number of ether oxygens (including phenoxy) is 1. The summed E-state index contributed by atoms with van der Waals surface area (Å²) in [6, 6.07) is 9.37. The summed E-state index contributed by atoms with van der Waals surface area (Å²) in [5, 5.41) is 4.28. The number of aromatic nitrogens is 2. The van der Waals surface area contributed by atoms with E-state index < -0.39 is 0 Å². The molecule has 0 aliphatic heterocycles. The molecule has 0 bridgehead atoms. The molecule has 0 amide bonds. The van der Waals surface area contributed by atoms with Gasteiger partial charge in [0.25, 0.3) is 0 Å². The molecule has 0 saturated heterocycles. The van der Waals surface area contributed by atoms with Crippen LogP contribution in [0.1, 0.15) is 22.5 Å². The van der Waals surface area contributed by atoms with E-state index >= 15 is 0 Å². The number of benzene rings is 1. The maximum Gasteiger partial charge on any atom is 0.163 e. The number of rotatable bonds is 7. The minimum absolute atomic E-state index is 0.150. The quantitative estimate of drug-likeness (QED) is 0.729. The molecule has 4 nitrogen and oxygen atoms in total. The first-order valence-corrected chi connectivity index (χ1v) is 7.29. The topological polar surface area (TPSA) is 44.1 Å². The van der Waals surface area contributed by atoms with Gasteiger partial charge in [-0.1, -0.05) is 30.3 Å². The third-order valence-corrected chi connectivity index (χ3v) is 3.75. The van der Waals surface area contributed by atoms with Crippen molar-refractivity contribution in [3.8, 4) is 0 Å². The fraction of sp³-hybridized carbons (Fsp3) is 0.333. The van der Waals surface area contributed by atoms with Gasteiger partial charge in [-0.3, -0.25) is 9.48 Å². The van der Waals surface area contributed by atoms with Crippen molar-refractivity contribution in [3.63, 3.8) is 0 Å². The highest BCUT2D eigenvalue weighted by molar-refractivity contribution is 9.10. The molecule has 2 aromatic rings. The van der Waals surface area contributed by atoms with Gasteiger partial charge >= 0.3 is 0 Å². The Morgan fingerprint density at radius 1 is 1.35 bits per heavy atom. The number of nitrogens with zero attached hydrogens (tertiary/aromatic N) is 2. The Labute approximate surface area is 126 Å². The smallest absolute Gasteiger partial charge is 0.163 e. The second kappa shape index (κ2) is 7.36. The summed E-state index contributed by atoms with van der Waals surface area (Å²) >= 11 is 3.48. The predicted octanol–water partition coefficient (Wildman–Crippen LogP) is 3.11. The Hall–Kier alpha value is -1.46. The van der Waals surface area contributed by atoms with Crippen molar-refractivity contribution < 1.29 is 9.53 Å². The molecule has 0 aliphatic carbocycles. The van der Waals surface area contributed by atoms with Crippen molar-refractivity contribution in [1.29, 1.82) is 0 Å². The van der Waals surface area contributed by atoms with Crippen LogP contribution in [0, 0.1) is 0 Å². The lowest BCUT2D eigenvalue weighted by Crippen LogP contribution is -2.11. The lowest BCUT2D eigenvalue weighted by molar-refractivity contribution is 0.0982. The monoisotopic (exact) mass is 336 g/mol. The number of ketones is 1. The number of hydrogen-bond acceptors (Lipinski definition) is 3. The third-order valence-electron chi connectivity index (χ3n) is 3.09. The Balaban J connectivity index is 2.00. The summed E-state index contributed by atoms with van der Waals surface area (Å²) in [5.74, 6) is 0.150. The van der Waals surface area contributed by atoms with Crippen molar-refractivity contribution in [2.75, 3.05) is 13.7 Å². The Morgan fingerprint density at radius 3 is 2.80 bits per heavy atom. The summed E-state index contributed by atoms with van der Waals surface area (Å²) in [6.07, 6.45) is 2.90. The van der Waals surface area contributed by atoms with E-state index in [9.17, 15) is 4.79 Å². The molecule has 1 heterocycles. The Kier molecular flexibility index (Phi) is 5.49. The van der Waals surface area contributed by atoms with Crippen LogP contribution in [0.5, 0.6) is 0 Å². The first-order chi connectivity index (χ1) is 9.72. The highest BCUT2D eigenvalue weighted by Crippen LogP contribution is 2.18. The first kappa shape index (κ1) is 14.9. The summed E-state index contributed by atoms with van der Waals surface area (Å²) in [7, 11) is 1.66. The van der Waals surface area contributed by atoms with Crippen molar-refractivity contribution in [2.45, 2.75) is 19.4 Å². The van der Waals surface area contributed by atoms with Crippen LogP contribution in [-0.2, 0) is 17.7 Å². The van der Waals surface area contributed by atoms with E-state index in [-0.39, 0.29) is 5.78 Å². The standard InChI is InChI=1S/C15H17BrN2O2/c1-20-10-9-18-14(13(16)11-17-18)7-8-15(19)12-5-3-2-4-6-12/h2-6,11H,7-10H2,1H3. The van der Waals surface area contributed by atoms with Crippen molar-refractivity contribution >= 4 is 21.7 Å². The van der Waals surface area contributed by atoms with Crippen molar-refractivity contribution in [2.24, 2.45) is 0 Å². The summed E-state index contributed by atoms with van der Waals surface area (Å²) in [6.45, 7) is 1.30. The molecule has 0 fully saturated rings. The fourth-order valence-electron chi connectivity index (χ4n) is 2.01. The molecule has 0 aliphatic rings. The van der Waals surface area contributed by atoms with E-state index in [0.29, 0.717) is 26.0 Å². The average molecular weight is 337 g/mol. The molecule has 20 heavy (non-hydrogen) atoms. The molecule has 1 aromatic heterocycles. The molecule has 0 atom stereocenters. The van der Waals surface area contributed by atoms with E-state index in [1.54, 1.807) is 13.3 Å². The first-order valence-electron chi connectivity index (χ1n) is 6.49. The van der Waals surface area contributed by atoms with Gasteiger partial charge in [-0.15, -0.1) is 0 Å².